The summed E-state index contributed by atoms with van der Waals surface area (Å²) in [5, 5.41) is 5.62. The standard InChI is InChI=1S/C19H21N3O4/c1-19(2,3)22-18(24)14-6-4-5-13(21-14)17(23)20-10-12-7-8-15-16(9-12)26-11-25-15/h4-9H,10-11H2,1-3H3,(H,20,23)(H,22,24). The molecule has 2 amide bonds. The van der Waals surface area contributed by atoms with Crippen molar-refractivity contribution in [1.29, 1.82) is 0 Å². The summed E-state index contributed by atoms with van der Waals surface area (Å²) in [5.74, 6) is 0.686. The molecule has 3 rings (SSSR count). The van der Waals surface area contributed by atoms with E-state index in [0.717, 1.165) is 5.56 Å². The number of ether oxygens (including phenoxy) is 2. The third kappa shape index (κ3) is 4.30. The number of pyridine rings is 1. The molecule has 0 aliphatic carbocycles. The molecule has 136 valence electrons. The second kappa shape index (κ2) is 7.03. The molecule has 1 aliphatic rings. The molecule has 2 N–H and O–H groups in total. The fraction of sp³-hybridized carbons (Fsp3) is 0.316. The highest BCUT2D eigenvalue weighted by atomic mass is 16.7. The molecule has 0 fully saturated rings. The van der Waals surface area contributed by atoms with Gasteiger partial charge < -0.3 is 20.1 Å². The lowest BCUT2D eigenvalue weighted by atomic mass is 10.1. The zero-order chi connectivity index (χ0) is 18.7. The average Bonchev–Trinajstić information content (AvgIpc) is 3.06. The summed E-state index contributed by atoms with van der Waals surface area (Å²) in [6, 6.07) is 10.3. The van der Waals surface area contributed by atoms with Crippen molar-refractivity contribution < 1.29 is 19.1 Å². The van der Waals surface area contributed by atoms with E-state index >= 15 is 0 Å². The largest absolute Gasteiger partial charge is 0.454 e. The Bertz CT molecular complexity index is 843. The first-order valence-corrected chi connectivity index (χ1v) is 8.28. The maximum atomic E-state index is 12.4. The average molecular weight is 355 g/mol. The van der Waals surface area contributed by atoms with Crippen LogP contribution in [0, 0.1) is 0 Å². The molecule has 0 spiro atoms. The van der Waals surface area contributed by atoms with E-state index in [1.807, 2.05) is 32.9 Å². The summed E-state index contributed by atoms with van der Waals surface area (Å²) in [4.78, 5) is 28.7. The van der Waals surface area contributed by atoms with Crippen LogP contribution in [0.1, 0.15) is 47.3 Å². The van der Waals surface area contributed by atoms with Gasteiger partial charge in [0, 0.05) is 12.1 Å². The van der Waals surface area contributed by atoms with Gasteiger partial charge >= 0.3 is 0 Å². The molecular formula is C19H21N3O4. The number of benzene rings is 1. The second-order valence-electron chi connectivity index (χ2n) is 6.98. The van der Waals surface area contributed by atoms with Crippen molar-refractivity contribution >= 4 is 11.8 Å². The Labute approximate surface area is 151 Å². The molecule has 0 unspecified atom stereocenters. The van der Waals surface area contributed by atoms with Crippen LogP contribution in [0.5, 0.6) is 11.5 Å². The van der Waals surface area contributed by atoms with Gasteiger partial charge in [-0.25, -0.2) is 4.98 Å². The molecule has 1 aromatic heterocycles. The van der Waals surface area contributed by atoms with Crippen molar-refractivity contribution in [3.63, 3.8) is 0 Å². The SMILES string of the molecule is CC(C)(C)NC(=O)c1cccc(C(=O)NCc2ccc3c(c2)OCO3)n1. The summed E-state index contributed by atoms with van der Waals surface area (Å²) >= 11 is 0. The van der Waals surface area contributed by atoms with Crippen molar-refractivity contribution in [3.05, 3.63) is 53.3 Å². The van der Waals surface area contributed by atoms with E-state index in [9.17, 15) is 9.59 Å². The Balaban J connectivity index is 1.64. The van der Waals surface area contributed by atoms with Gasteiger partial charge in [0.2, 0.25) is 6.79 Å². The van der Waals surface area contributed by atoms with Crippen molar-refractivity contribution in [3.8, 4) is 11.5 Å². The van der Waals surface area contributed by atoms with Crippen LogP contribution >= 0.6 is 0 Å². The molecule has 0 atom stereocenters. The predicted molar refractivity (Wildman–Crippen MR) is 95.2 cm³/mol. The van der Waals surface area contributed by atoms with Crippen LogP contribution in [0.2, 0.25) is 0 Å². The van der Waals surface area contributed by atoms with E-state index in [1.165, 1.54) is 0 Å². The number of hydrogen-bond acceptors (Lipinski definition) is 5. The summed E-state index contributed by atoms with van der Waals surface area (Å²) in [7, 11) is 0. The third-order valence-electron chi connectivity index (χ3n) is 3.59. The minimum atomic E-state index is -0.379. The van der Waals surface area contributed by atoms with E-state index in [4.69, 9.17) is 9.47 Å². The Morgan fingerprint density at radius 2 is 1.73 bits per heavy atom. The lowest BCUT2D eigenvalue weighted by Gasteiger charge is -2.20. The van der Waals surface area contributed by atoms with Gasteiger partial charge in [-0.3, -0.25) is 9.59 Å². The highest BCUT2D eigenvalue weighted by molar-refractivity contribution is 5.96. The molecule has 1 aromatic carbocycles. The topological polar surface area (TPSA) is 89.6 Å². The van der Waals surface area contributed by atoms with Crippen molar-refractivity contribution in [2.24, 2.45) is 0 Å². The number of rotatable bonds is 4. The summed E-state index contributed by atoms with van der Waals surface area (Å²) < 4.78 is 10.6. The number of fused-ring (bicyclic) bond motifs is 1. The smallest absolute Gasteiger partial charge is 0.270 e. The normalized spacial score (nSPS) is 12.6. The van der Waals surface area contributed by atoms with Gasteiger partial charge in [0.1, 0.15) is 11.4 Å². The lowest BCUT2D eigenvalue weighted by Crippen LogP contribution is -2.41. The van der Waals surface area contributed by atoms with Crippen molar-refractivity contribution in [2.45, 2.75) is 32.9 Å². The molecule has 1 aliphatic heterocycles. The maximum absolute atomic E-state index is 12.4. The van der Waals surface area contributed by atoms with Gasteiger partial charge in [0.15, 0.2) is 11.5 Å². The van der Waals surface area contributed by atoms with Gasteiger partial charge in [0.05, 0.1) is 0 Å². The minimum Gasteiger partial charge on any atom is -0.454 e. The zero-order valence-electron chi connectivity index (χ0n) is 15.0. The third-order valence-corrected chi connectivity index (χ3v) is 3.59. The van der Waals surface area contributed by atoms with Crippen LogP contribution in [-0.2, 0) is 6.54 Å². The molecule has 7 heteroatoms. The van der Waals surface area contributed by atoms with Crippen LogP contribution in [0.25, 0.3) is 0 Å². The van der Waals surface area contributed by atoms with E-state index < -0.39 is 0 Å². The summed E-state index contributed by atoms with van der Waals surface area (Å²) in [5.41, 5.74) is 0.892. The Morgan fingerprint density at radius 3 is 2.46 bits per heavy atom. The van der Waals surface area contributed by atoms with Crippen LogP contribution in [0.4, 0.5) is 0 Å². The molecule has 0 saturated carbocycles. The molecule has 26 heavy (non-hydrogen) atoms. The Kier molecular flexibility index (Phi) is 4.79. The van der Waals surface area contributed by atoms with Gasteiger partial charge in [0.25, 0.3) is 11.8 Å². The quantitative estimate of drug-likeness (QED) is 0.878. The number of nitrogens with zero attached hydrogens (tertiary/aromatic N) is 1. The highest BCUT2D eigenvalue weighted by Crippen LogP contribution is 2.32. The zero-order valence-corrected chi connectivity index (χ0v) is 15.0. The number of carbonyl (C=O) groups is 2. The monoisotopic (exact) mass is 355 g/mol. The second-order valence-corrected chi connectivity index (χ2v) is 6.98. The van der Waals surface area contributed by atoms with Crippen molar-refractivity contribution in [2.75, 3.05) is 6.79 Å². The highest BCUT2D eigenvalue weighted by Gasteiger charge is 2.18. The molecule has 0 saturated heterocycles. The van der Waals surface area contributed by atoms with Gasteiger partial charge in [-0.15, -0.1) is 0 Å². The number of carbonyl (C=O) groups excluding carboxylic acids is 2. The first-order valence-electron chi connectivity index (χ1n) is 8.28. The number of nitrogens with one attached hydrogen (secondary N) is 2. The first kappa shape index (κ1) is 17.7. The fourth-order valence-electron chi connectivity index (χ4n) is 2.42. The number of aromatic nitrogens is 1. The van der Waals surface area contributed by atoms with Gasteiger partial charge in [-0.2, -0.15) is 0 Å². The predicted octanol–water partition coefficient (Wildman–Crippen LogP) is 2.27. The van der Waals surface area contributed by atoms with E-state index in [2.05, 4.69) is 15.6 Å². The summed E-state index contributed by atoms with van der Waals surface area (Å²) in [6.07, 6.45) is 0. The number of amides is 2. The van der Waals surface area contributed by atoms with E-state index in [-0.39, 0.29) is 35.5 Å². The van der Waals surface area contributed by atoms with Crippen molar-refractivity contribution in [1.82, 2.24) is 15.6 Å². The summed E-state index contributed by atoms with van der Waals surface area (Å²) in [6.45, 7) is 6.17. The molecule has 0 bridgehead atoms. The Morgan fingerprint density at radius 1 is 1.04 bits per heavy atom. The minimum absolute atomic E-state index is 0.187. The molecule has 7 nitrogen and oxygen atoms in total. The molecule has 2 heterocycles. The Hall–Kier alpha value is -3.09. The van der Waals surface area contributed by atoms with Gasteiger partial charge in [-0.05, 0) is 50.6 Å². The molecular weight excluding hydrogens is 334 g/mol. The van der Waals surface area contributed by atoms with Crippen LogP contribution in [0.3, 0.4) is 0 Å². The number of hydrogen-bond donors (Lipinski definition) is 2. The first-order chi connectivity index (χ1) is 12.3. The van der Waals surface area contributed by atoms with Crippen LogP contribution in [0.15, 0.2) is 36.4 Å². The molecule has 2 aromatic rings. The van der Waals surface area contributed by atoms with E-state index in [0.29, 0.717) is 18.0 Å². The fourth-order valence-corrected chi connectivity index (χ4v) is 2.42. The van der Waals surface area contributed by atoms with E-state index in [1.54, 1.807) is 24.3 Å². The molecule has 0 radical (unpaired) electrons. The van der Waals surface area contributed by atoms with Gasteiger partial charge in [-0.1, -0.05) is 12.1 Å². The lowest BCUT2D eigenvalue weighted by molar-refractivity contribution is 0.0914. The van der Waals surface area contributed by atoms with Crippen LogP contribution < -0.4 is 20.1 Å². The van der Waals surface area contributed by atoms with Crippen LogP contribution in [-0.4, -0.2) is 29.1 Å². The maximum Gasteiger partial charge on any atom is 0.270 e.